The van der Waals surface area contributed by atoms with E-state index in [1.54, 1.807) is 6.20 Å². The maximum absolute atomic E-state index is 6.75. The normalized spacial score (nSPS) is 20.3. The molecule has 142 valence electrons. The van der Waals surface area contributed by atoms with Crippen LogP contribution in [-0.4, -0.2) is 43.3 Å². The Morgan fingerprint density at radius 2 is 2.22 bits per heavy atom. The molecule has 7 nitrogen and oxygen atoms in total. The van der Waals surface area contributed by atoms with Gasteiger partial charge in [-0.2, -0.15) is 5.10 Å². The summed E-state index contributed by atoms with van der Waals surface area (Å²) < 4.78 is 3.87. The van der Waals surface area contributed by atoms with E-state index in [9.17, 15) is 0 Å². The van der Waals surface area contributed by atoms with E-state index in [2.05, 4.69) is 20.7 Å². The number of piperidine rings is 1. The second-order valence-corrected chi connectivity index (χ2v) is 8.04. The van der Waals surface area contributed by atoms with Crippen molar-refractivity contribution in [2.24, 2.45) is 13.0 Å². The second kappa shape index (κ2) is 6.80. The molecule has 3 aromatic rings. The van der Waals surface area contributed by atoms with Crippen LogP contribution in [0, 0.1) is 5.92 Å². The van der Waals surface area contributed by atoms with Gasteiger partial charge in [-0.3, -0.25) is 9.08 Å². The van der Waals surface area contributed by atoms with Gasteiger partial charge in [0.2, 0.25) is 0 Å². The van der Waals surface area contributed by atoms with Gasteiger partial charge in [0.15, 0.2) is 11.5 Å². The molecule has 1 saturated heterocycles. The average molecular weight is 386 g/mol. The summed E-state index contributed by atoms with van der Waals surface area (Å²) in [4.78, 5) is 9.41. The lowest BCUT2D eigenvalue weighted by Gasteiger charge is -2.24. The van der Waals surface area contributed by atoms with Crippen LogP contribution in [0.4, 0.5) is 5.82 Å². The van der Waals surface area contributed by atoms with Crippen molar-refractivity contribution in [2.75, 3.05) is 18.4 Å². The predicted molar refractivity (Wildman–Crippen MR) is 106 cm³/mol. The van der Waals surface area contributed by atoms with Gasteiger partial charge in [0.05, 0.1) is 6.20 Å². The Kier molecular flexibility index (Phi) is 4.28. The van der Waals surface area contributed by atoms with Crippen LogP contribution < -0.4 is 10.6 Å². The summed E-state index contributed by atoms with van der Waals surface area (Å²) in [6.07, 6.45) is 11.5. The molecule has 3 aromatic heterocycles. The van der Waals surface area contributed by atoms with Crippen LogP contribution in [-0.2, 0) is 13.5 Å². The zero-order chi connectivity index (χ0) is 18.4. The van der Waals surface area contributed by atoms with Crippen molar-refractivity contribution in [3.63, 3.8) is 0 Å². The van der Waals surface area contributed by atoms with Crippen molar-refractivity contribution >= 4 is 23.1 Å². The number of nitrogens with one attached hydrogen (secondary N) is 2. The molecule has 1 atom stereocenters. The van der Waals surface area contributed by atoms with E-state index in [1.807, 2.05) is 28.5 Å². The summed E-state index contributed by atoms with van der Waals surface area (Å²) >= 11 is 6.75. The Morgan fingerprint density at radius 3 is 3.00 bits per heavy atom. The summed E-state index contributed by atoms with van der Waals surface area (Å²) in [6.45, 7) is 2.02. The maximum Gasteiger partial charge on any atom is 0.181 e. The Bertz CT molecular complexity index is 966. The molecule has 8 heteroatoms. The average Bonchev–Trinajstić information content (AvgIpc) is 3.22. The fourth-order valence-corrected chi connectivity index (χ4v) is 4.17. The van der Waals surface area contributed by atoms with Crippen molar-refractivity contribution in [1.82, 2.24) is 29.5 Å². The first-order valence-corrected chi connectivity index (χ1v) is 10.1. The molecule has 0 radical (unpaired) electrons. The molecule has 1 aliphatic heterocycles. The van der Waals surface area contributed by atoms with Gasteiger partial charge in [0.25, 0.3) is 0 Å². The van der Waals surface area contributed by atoms with Gasteiger partial charge in [0, 0.05) is 43.3 Å². The highest BCUT2D eigenvalue weighted by atomic mass is 35.5. The molecule has 0 bridgehead atoms. The van der Waals surface area contributed by atoms with Gasteiger partial charge in [-0.25, -0.2) is 9.97 Å². The summed E-state index contributed by atoms with van der Waals surface area (Å²) in [5, 5.41) is 12.1. The molecule has 2 fully saturated rings. The first kappa shape index (κ1) is 17.0. The molecule has 5 rings (SSSR count). The third-order valence-electron chi connectivity index (χ3n) is 5.62. The highest BCUT2D eigenvalue weighted by Crippen LogP contribution is 2.37. The Balaban J connectivity index is 1.59. The van der Waals surface area contributed by atoms with E-state index in [1.165, 1.54) is 18.5 Å². The summed E-state index contributed by atoms with van der Waals surface area (Å²) in [5.41, 5.74) is 3.77. The van der Waals surface area contributed by atoms with Crippen LogP contribution in [0.1, 0.15) is 31.4 Å². The number of imidazole rings is 1. The Morgan fingerprint density at radius 1 is 1.33 bits per heavy atom. The van der Waals surface area contributed by atoms with Crippen LogP contribution >= 0.6 is 11.6 Å². The number of hydrogen-bond donors (Lipinski definition) is 2. The highest BCUT2D eigenvalue weighted by molar-refractivity contribution is 6.32. The topological polar surface area (TPSA) is 72.1 Å². The fraction of sp³-hybridized carbons (Fsp3) is 0.526. The standard InChI is InChI=1S/C19H24ClN7/c1-26-15(9-12-4-5-12)14(11-23-26)16-17(20)27-8-7-22-19(27)18(25-16)24-13-3-2-6-21-10-13/h7-8,11-13,21H,2-6,9-10H2,1H3,(H,24,25)/t13-/m0/s1. The van der Waals surface area contributed by atoms with Crippen LogP contribution in [0.15, 0.2) is 18.6 Å². The number of rotatable bonds is 5. The minimum atomic E-state index is 0.348. The van der Waals surface area contributed by atoms with Gasteiger partial charge in [-0.15, -0.1) is 0 Å². The summed E-state index contributed by atoms with van der Waals surface area (Å²) in [7, 11) is 2.00. The molecule has 2 N–H and O–H groups in total. The summed E-state index contributed by atoms with van der Waals surface area (Å²) in [6, 6.07) is 0.348. The van der Waals surface area contributed by atoms with E-state index in [0.29, 0.717) is 11.2 Å². The van der Waals surface area contributed by atoms with E-state index < -0.39 is 0 Å². The van der Waals surface area contributed by atoms with Crippen molar-refractivity contribution < 1.29 is 0 Å². The molecule has 27 heavy (non-hydrogen) atoms. The molecule has 4 heterocycles. The Hall–Kier alpha value is -2.12. The third-order valence-corrected chi connectivity index (χ3v) is 5.98. The molecule has 0 unspecified atom stereocenters. The lowest BCUT2D eigenvalue weighted by atomic mass is 10.1. The highest BCUT2D eigenvalue weighted by Gasteiger charge is 2.27. The van der Waals surface area contributed by atoms with Crippen LogP contribution in [0.3, 0.4) is 0 Å². The summed E-state index contributed by atoms with van der Waals surface area (Å²) in [5.74, 6) is 1.55. The molecular weight excluding hydrogens is 362 g/mol. The largest absolute Gasteiger partial charge is 0.363 e. The van der Waals surface area contributed by atoms with E-state index in [0.717, 1.165) is 61.0 Å². The van der Waals surface area contributed by atoms with Gasteiger partial charge < -0.3 is 10.6 Å². The third kappa shape index (κ3) is 3.19. The molecule has 1 aliphatic carbocycles. The second-order valence-electron chi connectivity index (χ2n) is 7.68. The van der Waals surface area contributed by atoms with Crippen LogP contribution in [0.5, 0.6) is 0 Å². The van der Waals surface area contributed by atoms with Gasteiger partial charge in [-0.05, 0) is 44.6 Å². The van der Waals surface area contributed by atoms with Crippen LogP contribution in [0.2, 0.25) is 5.15 Å². The van der Waals surface area contributed by atoms with Crippen molar-refractivity contribution in [1.29, 1.82) is 0 Å². The Labute approximate surface area is 163 Å². The number of aromatic nitrogens is 5. The predicted octanol–water partition coefficient (Wildman–Crippen LogP) is 2.90. The monoisotopic (exact) mass is 385 g/mol. The number of anilines is 1. The van der Waals surface area contributed by atoms with Gasteiger partial charge >= 0.3 is 0 Å². The molecule has 2 aliphatic rings. The smallest absolute Gasteiger partial charge is 0.181 e. The van der Waals surface area contributed by atoms with E-state index >= 15 is 0 Å². The molecule has 1 saturated carbocycles. The fourth-order valence-electron chi connectivity index (χ4n) is 3.89. The molecule has 0 amide bonds. The molecule has 0 aromatic carbocycles. The number of hydrogen-bond acceptors (Lipinski definition) is 5. The number of aryl methyl sites for hydroxylation is 1. The quantitative estimate of drug-likeness (QED) is 0.706. The number of halogens is 1. The lowest BCUT2D eigenvalue weighted by molar-refractivity contribution is 0.479. The minimum absolute atomic E-state index is 0.348. The van der Waals surface area contributed by atoms with Gasteiger partial charge in [-0.1, -0.05) is 11.6 Å². The number of fused-ring (bicyclic) bond motifs is 1. The van der Waals surface area contributed by atoms with E-state index in [4.69, 9.17) is 16.6 Å². The SMILES string of the molecule is Cn1ncc(-c2nc(N[C@H]3CCCNC3)c3nccn3c2Cl)c1CC1CC1. The first-order valence-electron chi connectivity index (χ1n) is 9.72. The van der Waals surface area contributed by atoms with Crippen molar-refractivity contribution in [3.05, 3.63) is 29.4 Å². The maximum atomic E-state index is 6.75. The van der Waals surface area contributed by atoms with E-state index in [-0.39, 0.29) is 0 Å². The first-order chi connectivity index (χ1) is 13.2. The van der Waals surface area contributed by atoms with Crippen LogP contribution in [0.25, 0.3) is 16.9 Å². The molecular formula is C19H24ClN7. The van der Waals surface area contributed by atoms with Crippen molar-refractivity contribution in [3.8, 4) is 11.3 Å². The number of nitrogens with zero attached hydrogens (tertiary/aromatic N) is 5. The van der Waals surface area contributed by atoms with Gasteiger partial charge in [0.1, 0.15) is 10.8 Å². The molecule has 0 spiro atoms. The zero-order valence-electron chi connectivity index (χ0n) is 15.5. The van der Waals surface area contributed by atoms with Crippen molar-refractivity contribution in [2.45, 2.75) is 38.1 Å². The minimum Gasteiger partial charge on any atom is -0.363 e. The lowest BCUT2D eigenvalue weighted by Crippen LogP contribution is -2.38. The zero-order valence-corrected chi connectivity index (χ0v) is 16.2.